The lowest BCUT2D eigenvalue weighted by Crippen LogP contribution is -2.31. The van der Waals surface area contributed by atoms with Crippen LogP contribution in [0.1, 0.15) is 10.4 Å². The maximum atomic E-state index is 12.4. The number of carbonyl (C=O) groups excluding carboxylic acids is 1. The number of hydrogen-bond acceptors (Lipinski definition) is 6. The Morgan fingerprint density at radius 3 is 2.79 bits per heavy atom. The van der Waals surface area contributed by atoms with Gasteiger partial charge in [0, 0.05) is 29.6 Å². The number of rotatable bonds is 6. The van der Waals surface area contributed by atoms with E-state index in [9.17, 15) is 4.79 Å². The minimum Gasteiger partial charge on any atom is -0.356 e. The van der Waals surface area contributed by atoms with E-state index in [2.05, 4.69) is 10.5 Å². The Hall–Kier alpha value is -3.03. The molecule has 142 valence electrons. The number of hydrogen-bond donors (Lipinski definition) is 1. The average Bonchev–Trinajstić information content (AvgIpc) is 3.34. The molecule has 0 aliphatic rings. The third-order valence-electron chi connectivity index (χ3n) is 4.34. The number of nitrogens with one attached hydrogen (secondary N) is 1. The van der Waals surface area contributed by atoms with E-state index in [4.69, 9.17) is 9.51 Å². The maximum Gasteiger partial charge on any atom is 0.251 e. The maximum absolute atomic E-state index is 12.4. The molecule has 0 saturated carbocycles. The minimum atomic E-state index is -0.112. The van der Waals surface area contributed by atoms with Gasteiger partial charge in [-0.05, 0) is 32.3 Å². The standard InChI is InChI=1S/C21H20N4O2S/c1-25(2)11-10-22-20(26)15-8-9-18-16(12-15)19(24-27-18)17-13-28-21(23-17)14-6-4-3-5-7-14/h3-9,12-13H,10-11H2,1-2H3,(H,22,26). The van der Waals surface area contributed by atoms with Gasteiger partial charge in [0.05, 0.1) is 5.39 Å². The van der Waals surface area contributed by atoms with Crippen LogP contribution in [0.25, 0.3) is 32.9 Å². The van der Waals surface area contributed by atoms with E-state index >= 15 is 0 Å². The van der Waals surface area contributed by atoms with E-state index in [1.165, 1.54) is 0 Å². The summed E-state index contributed by atoms with van der Waals surface area (Å²) in [6.07, 6.45) is 0. The molecule has 7 heteroatoms. The second-order valence-electron chi connectivity index (χ2n) is 6.71. The Morgan fingerprint density at radius 1 is 1.18 bits per heavy atom. The third kappa shape index (κ3) is 3.81. The first-order valence-electron chi connectivity index (χ1n) is 8.95. The lowest BCUT2D eigenvalue weighted by molar-refractivity contribution is 0.0951. The van der Waals surface area contributed by atoms with Crippen molar-refractivity contribution in [1.29, 1.82) is 0 Å². The van der Waals surface area contributed by atoms with E-state index in [-0.39, 0.29) is 5.91 Å². The van der Waals surface area contributed by atoms with Gasteiger partial charge >= 0.3 is 0 Å². The first kappa shape index (κ1) is 18.3. The summed E-state index contributed by atoms with van der Waals surface area (Å²) in [6.45, 7) is 1.38. The highest BCUT2D eigenvalue weighted by Gasteiger charge is 2.16. The summed E-state index contributed by atoms with van der Waals surface area (Å²) in [4.78, 5) is 19.2. The summed E-state index contributed by atoms with van der Waals surface area (Å²) >= 11 is 1.56. The molecule has 4 aromatic rings. The second kappa shape index (κ2) is 7.92. The van der Waals surface area contributed by atoms with Gasteiger partial charge in [-0.3, -0.25) is 4.79 Å². The van der Waals surface area contributed by atoms with Crippen LogP contribution in [-0.2, 0) is 0 Å². The van der Waals surface area contributed by atoms with E-state index < -0.39 is 0 Å². The van der Waals surface area contributed by atoms with Crippen LogP contribution in [0.4, 0.5) is 0 Å². The van der Waals surface area contributed by atoms with Crippen molar-refractivity contribution in [3.8, 4) is 22.0 Å². The van der Waals surface area contributed by atoms with Gasteiger partial charge in [0.25, 0.3) is 5.91 Å². The Balaban J connectivity index is 1.62. The number of nitrogens with zero attached hydrogens (tertiary/aromatic N) is 3. The van der Waals surface area contributed by atoms with Gasteiger partial charge in [0.15, 0.2) is 5.58 Å². The van der Waals surface area contributed by atoms with E-state index in [0.717, 1.165) is 28.2 Å². The molecule has 0 bridgehead atoms. The largest absolute Gasteiger partial charge is 0.356 e. The fourth-order valence-corrected chi connectivity index (χ4v) is 3.67. The topological polar surface area (TPSA) is 71.3 Å². The van der Waals surface area contributed by atoms with Crippen molar-refractivity contribution in [2.75, 3.05) is 27.2 Å². The van der Waals surface area contributed by atoms with Gasteiger partial charge in [-0.1, -0.05) is 35.5 Å². The molecule has 2 heterocycles. The molecule has 1 amide bonds. The highest BCUT2D eigenvalue weighted by molar-refractivity contribution is 7.13. The lowest BCUT2D eigenvalue weighted by atomic mass is 10.1. The molecule has 0 aliphatic carbocycles. The second-order valence-corrected chi connectivity index (χ2v) is 7.56. The summed E-state index contributed by atoms with van der Waals surface area (Å²) in [6, 6.07) is 15.4. The fraction of sp³-hybridized carbons (Fsp3) is 0.190. The molecule has 4 rings (SSSR count). The first-order chi connectivity index (χ1) is 13.6. The van der Waals surface area contributed by atoms with Gasteiger partial charge in [0.2, 0.25) is 0 Å². The van der Waals surface area contributed by atoms with Crippen LogP contribution in [0, 0.1) is 0 Å². The summed E-state index contributed by atoms with van der Waals surface area (Å²) in [7, 11) is 3.94. The highest BCUT2D eigenvalue weighted by atomic mass is 32.1. The summed E-state index contributed by atoms with van der Waals surface area (Å²) < 4.78 is 5.44. The Morgan fingerprint density at radius 2 is 2.00 bits per heavy atom. The van der Waals surface area contributed by atoms with Crippen molar-refractivity contribution in [2.24, 2.45) is 0 Å². The zero-order valence-electron chi connectivity index (χ0n) is 15.7. The normalized spacial score (nSPS) is 11.2. The summed E-state index contributed by atoms with van der Waals surface area (Å²) in [5.74, 6) is -0.112. The SMILES string of the molecule is CN(C)CCNC(=O)c1ccc2onc(-c3csc(-c4ccccc4)n3)c2c1. The minimum absolute atomic E-state index is 0.112. The Kier molecular flexibility index (Phi) is 5.18. The van der Waals surface area contributed by atoms with Gasteiger partial charge in [-0.15, -0.1) is 11.3 Å². The molecule has 0 unspecified atom stereocenters. The number of carbonyl (C=O) groups is 1. The predicted molar refractivity (Wildman–Crippen MR) is 111 cm³/mol. The number of amides is 1. The van der Waals surface area contributed by atoms with Crippen LogP contribution < -0.4 is 5.32 Å². The van der Waals surface area contributed by atoms with Gasteiger partial charge in [0.1, 0.15) is 16.4 Å². The van der Waals surface area contributed by atoms with E-state index in [1.54, 1.807) is 23.5 Å². The molecule has 0 fully saturated rings. The van der Waals surface area contributed by atoms with Gasteiger partial charge < -0.3 is 14.7 Å². The number of aromatic nitrogens is 2. The molecule has 28 heavy (non-hydrogen) atoms. The monoisotopic (exact) mass is 392 g/mol. The van der Waals surface area contributed by atoms with Crippen LogP contribution in [0.3, 0.4) is 0 Å². The lowest BCUT2D eigenvalue weighted by Gasteiger charge is -2.10. The first-order valence-corrected chi connectivity index (χ1v) is 9.83. The number of thiazole rings is 1. The Bertz CT molecular complexity index is 1100. The van der Waals surface area contributed by atoms with Crippen LogP contribution in [0.15, 0.2) is 58.4 Å². The van der Waals surface area contributed by atoms with Crippen LogP contribution in [-0.4, -0.2) is 48.1 Å². The van der Waals surface area contributed by atoms with Gasteiger partial charge in [-0.25, -0.2) is 4.98 Å². The molecule has 0 aliphatic heterocycles. The molecular formula is C21H20N4O2S. The van der Waals surface area contributed by atoms with E-state index in [1.807, 2.05) is 60.8 Å². The van der Waals surface area contributed by atoms with Crippen LogP contribution >= 0.6 is 11.3 Å². The quantitative estimate of drug-likeness (QED) is 0.539. The smallest absolute Gasteiger partial charge is 0.251 e. The van der Waals surface area contributed by atoms with Crippen LogP contribution in [0.2, 0.25) is 0 Å². The van der Waals surface area contributed by atoms with Gasteiger partial charge in [-0.2, -0.15) is 0 Å². The van der Waals surface area contributed by atoms with Crippen molar-refractivity contribution in [1.82, 2.24) is 20.4 Å². The molecule has 1 N–H and O–H groups in total. The fourth-order valence-electron chi connectivity index (χ4n) is 2.86. The zero-order chi connectivity index (χ0) is 19.5. The highest BCUT2D eigenvalue weighted by Crippen LogP contribution is 2.32. The van der Waals surface area contributed by atoms with Crippen molar-refractivity contribution in [3.05, 3.63) is 59.5 Å². The molecule has 0 spiro atoms. The Labute approximate surface area is 166 Å². The van der Waals surface area contributed by atoms with Crippen molar-refractivity contribution in [2.45, 2.75) is 0 Å². The third-order valence-corrected chi connectivity index (χ3v) is 5.24. The molecule has 2 aromatic heterocycles. The zero-order valence-corrected chi connectivity index (χ0v) is 16.5. The van der Waals surface area contributed by atoms with Crippen molar-refractivity contribution >= 4 is 28.2 Å². The van der Waals surface area contributed by atoms with Crippen LogP contribution in [0.5, 0.6) is 0 Å². The van der Waals surface area contributed by atoms with Crippen molar-refractivity contribution < 1.29 is 9.32 Å². The molecule has 0 saturated heterocycles. The number of likely N-dealkylation sites (N-methyl/N-ethyl adjacent to an activating group) is 1. The molecule has 0 atom stereocenters. The number of fused-ring (bicyclic) bond motifs is 1. The molecular weight excluding hydrogens is 372 g/mol. The van der Waals surface area contributed by atoms with E-state index in [0.29, 0.717) is 23.4 Å². The average molecular weight is 392 g/mol. The number of benzene rings is 2. The predicted octanol–water partition coefficient (Wildman–Crippen LogP) is 3.91. The molecule has 0 radical (unpaired) electrons. The summed E-state index contributed by atoms with van der Waals surface area (Å²) in [5, 5.41) is 10.8. The molecule has 6 nitrogen and oxygen atoms in total. The molecule has 2 aromatic carbocycles. The summed E-state index contributed by atoms with van der Waals surface area (Å²) in [5.41, 5.74) is 3.67. The van der Waals surface area contributed by atoms with Crippen molar-refractivity contribution in [3.63, 3.8) is 0 Å².